The zero-order chi connectivity index (χ0) is 11.9. The minimum absolute atomic E-state index is 0.0990. The van der Waals surface area contributed by atoms with Crippen molar-refractivity contribution in [1.82, 2.24) is 0 Å². The first kappa shape index (κ1) is 14.4. The Hall–Kier alpha value is -0.580. The lowest BCUT2D eigenvalue weighted by atomic mass is 10.0. The van der Waals surface area contributed by atoms with E-state index < -0.39 is 12.8 Å². The molecule has 0 aromatic carbocycles. The van der Waals surface area contributed by atoms with Gasteiger partial charge in [0.2, 0.25) is 0 Å². The van der Waals surface area contributed by atoms with Crippen molar-refractivity contribution in [1.29, 1.82) is 0 Å². The second kappa shape index (κ2) is 6.82. The Morgan fingerprint density at radius 2 is 2.00 bits per heavy atom. The second-order valence-corrected chi connectivity index (χ2v) is 3.82. The Morgan fingerprint density at radius 1 is 1.40 bits per heavy atom. The van der Waals surface area contributed by atoms with Crippen LogP contribution < -0.4 is 0 Å². The Morgan fingerprint density at radius 3 is 2.47 bits per heavy atom. The highest BCUT2D eigenvalue weighted by molar-refractivity contribution is 5.75. The first-order valence-corrected chi connectivity index (χ1v) is 4.95. The summed E-state index contributed by atoms with van der Waals surface area (Å²) in [6.07, 6.45) is -2.48. The highest BCUT2D eigenvalue weighted by Crippen LogP contribution is 2.15. The Bertz CT molecular complexity index is 190. The number of alkyl halides is 3. The third kappa shape index (κ3) is 11.3. The van der Waals surface area contributed by atoms with E-state index in [4.69, 9.17) is 0 Å². The van der Waals surface area contributed by atoms with Gasteiger partial charge in [0.1, 0.15) is 12.4 Å². The molecule has 0 heterocycles. The molecular weight excluding hydrogens is 209 g/mol. The molecule has 15 heavy (non-hydrogen) atoms. The second-order valence-electron chi connectivity index (χ2n) is 3.82. The summed E-state index contributed by atoms with van der Waals surface area (Å²) in [4.78, 5) is 10.7. The van der Waals surface area contributed by atoms with Gasteiger partial charge in [-0.05, 0) is 25.7 Å². The third-order valence-electron chi connectivity index (χ3n) is 1.89. The normalized spacial score (nSPS) is 13.9. The molecule has 0 rings (SSSR count). The van der Waals surface area contributed by atoms with E-state index in [0.717, 1.165) is 6.42 Å². The van der Waals surface area contributed by atoms with E-state index in [-0.39, 0.29) is 18.3 Å². The van der Waals surface area contributed by atoms with Gasteiger partial charge in [-0.25, -0.2) is 0 Å². The van der Waals surface area contributed by atoms with E-state index in [0.29, 0.717) is 12.8 Å². The zero-order valence-electron chi connectivity index (χ0n) is 9.06. The van der Waals surface area contributed by atoms with Crippen molar-refractivity contribution in [2.45, 2.75) is 39.3 Å². The van der Waals surface area contributed by atoms with Gasteiger partial charge in [-0.3, -0.25) is 0 Å². The van der Waals surface area contributed by atoms with Gasteiger partial charge in [0.05, 0.1) is 0 Å². The predicted molar refractivity (Wildman–Crippen MR) is 50.6 cm³/mol. The molecule has 0 radical (unpaired) electrons. The quantitative estimate of drug-likeness (QED) is 0.624. The molecule has 2 nitrogen and oxygen atoms in total. The summed E-state index contributed by atoms with van der Waals surface area (Å²) in [7, 11) is 0. The maximum absolute atomic E-state index is 11.6. The van der Waals surface area contributed by atoms with Crippen molar-refractivity contribution in [3.8, 4) is 0 Å². The topological polar surface area (TPSA) is 26.3 Å². The molecule has 0 amide bonds. The summed E-state index contributed by atoms with van der Waals surface area (Å²) in [5.74, 6) is 0.329. The van der Waals surface area contributed by atoms with Crippen molar-refractivity contribution in [3.63, 3.8) is 0 Å². The summed E-state index contributed by atoms with van der Waals surface area (Å²) >= 11 is 0. The van der Waals surface area contributed by atoms with Crippen molar-refractivity contribution in [3.05, 3.63) is 0 Å². The molecule has 0 saturated carbocycles. The van der Waals surface area contributed by atoms with E-state index in [9.17, 15) is 18.0 Å². The molecule has 0 aliphatic rings. The fraction of sp³-hybridized carbons (Fsp3) is 0.900. The Kier molecular flexibility index (Phi) is 6.56. The highest BCUT2D eigenvalue weighted by atomic mass is 19.4. The molecule has 0 fully saturated rings. The minimum Gasteiger partial charge on any atom is -0.372 e. The molecule has 1 unspecified atom stereocenters. The SMILES string of the molecule is CC(=O)CC(C)CCCOCC(F)(F)F. The van der Waals surface area contributed by atoms with E-state index >= 15 is 0 Å². The smallest absolute Gasteiger partial charge is 0.372 e. The highest BCUT2D eigenvalue weighted by Gasteiger charge is 2.27. The standard InChI is InChI=1S/C10H17F3O2/c1-8(6-9(2)14)4-3-5-15-7-10(11,12)13/h8H,3-7H2,1-2H3. The van der Waals surface area contributed by atoms with Crippen LogP contribution in [-0.4, -0.2) is 25.2 Å². The lowest BCUT2D eigenvalue weighted by molar-refractivity contribution is -0.174. The van der Waals surface area contributed by atoms with Crippen LogP contribution in [0.15, 0.2) is 0 Å². The maximum atomic E-state index is 11.6. The lowest BCUT2D eigenvalue weighted by Gasteiger charge is -2.10. The number of ketones is 1. The van der Waals surface area contributed by atoms with E-state index in [2.05, 4.69) is 4.74 Å². The largest absolute Gasteiger partial charge is 0.411 e. The molecule has 0 bridgehead atoms. The number of rotatable bonds is 7. The van der Waals surface area contributed by atoms with Gasteiger partial charge < -0.3 is 9.53 Å². The van der Waals surface area contributed by atoms with E-state index in [1.54, 1.807) is 0 Å². The molecular formula is C10H17F3O2. The number of carbonyl (C=O) groups is 1. The average molecular weight is 226 g/mol. The van der Waals surface area contributed by atoms with Crippen LogP contribution >= 0.6 is 0 Å². The van der Waals surface area contributed by atoms with Crippen LogP contribution in [0.1, 0.15) is 33.1 Å². The molecule has 0 aliphatic heterocycles. The number of hydrogen-bond acceptors (Lipinski definition) is 2. The van der Waals surface area contributed by atoms with Gasteiger partial charge in [-0.1, -0.05) is 6.92 Å². The van der Waals surface area contributed by atoms with Crippen LogP contribution in [0, 0.1) is 5.92 Å². The number of halogens is 3. The van der Waals surface area contributed by atoms with Crippen LogP contribution in [0.2, 0.25) is 0 Å². The van der Waals surface area contributed by atoms with Gasteiger partial charge in [-0.15, -0.1) is 0 Å². The average Bonchev–Trinajstić information content (AvgIpc) is 1.99. The Balaban J connectivity index is 3.35. The maximum Gasteiger partial charge on any atom is 0.411 e. The van der Waals surface area contributed by atoms with Gasteiger partial charge in [0.15, 0.2) is 0 Å². The van der Waals surface area contributed by atoms with Crippen molar-refractivity contribution in [2.75, 3.05) is 13.2 Å². The number of Topliss-reactive ketones (excluding diaryl/α,β-unsaturated/α-hetero) is 1. The number of ether oxygens (including phenoxy) is 1. The molecule has 0 saturated heterocycles. The fourth-order valence-corrected chi connectivity index (χ4v) is 1.31. The first-order valence-electron chi connectivity index (χ1n) is 4.95. The van der Waals surface area contributed by atoms with Gasteiger partial charge in [-0.2, -0.15) is 13.2 Å². The van der Waals surface area contributed by atoms with Crippen molar-refractivity contribution in [2.24, 2.45) is 5.92 Å². The van der Waals surface area contributed by atoms with Crippen LogP contribution in [0.3, 0.4) is 0 Å². The fourth-order valence-electron chi connectivity index (χ4n) is 1.31. The summed E-state index contributed by atoms with van der Waals surface area (Å²) in [5, 5.41) is 0. The summed E-state index contributed by atoms with van der Waals surface area (Å²) in [6, 6.07) is 0. The molecule has 0 aromatic heterocycles. The molecule has 1 atom stereocenters. The molecule has 0 spiro atoms. The van der Waals surface area contributed by atoms with Crippen molar-refractivity contribution < 1.29 is 22.7 Å². The molecule has 0 aliphatic carbocycles. The van der Waals surface area contributed by atoms with Crippen LogP contribution in [0.25, 0.3) is 0 Å². The van der Waals surface area contributed by atoms with Crippen molar-refractivity contribution >= 4 is 5.78 Å². The molecule has 5 heteroatoms. The van der Waals surface area contributed by atoms with Gasteiger partial charge in [0.25, 0.3) is 0 Å². The third-order valence-corrected chi connectivity index (χ3v) is 1.89. The minimum atomic E-state index is -4.25. The summed E-state index contributed by atoms with van der Waals surface area (Å²) in [6.45, 7) is 2.33. The molecule has 90 valence electrons. The monoisotopic (exact) mass is 226 g/mol. The first-order chi connectivity index (χ1) is 6.81. The van der Waals surface area contributed by atoms with E-state index in [1.807, 2.05) is 6.92 Å². The molecule has 0 aromatic rings. The predicted octanol–water partition coefficient (Wildman–Crippen LogP) is 2.96. The number of hydrogen-bond donors (Lipinski definition) is 0. The number of carbonyl (C=O) groups excluding carboxylic acids is 1. The van der Waals surface area contributed by atoms with E-state index in [1.165, 1.54) is 6.92 Å². The van der Waals surface area contributed by atoms with Crippen LogP contribution in [0.5, 0.6) is 0 Å². The van der Waals surface area contributed by atoms with Gasteiger partial charge >= 0.3 is 6.18 Å². The zero-order valence-corrected chi connectivity index (χ0v) is 9.06. The van der Waals surface area contributed by atoms with Gasteiger partial charge in [0, 0.05) is 13.0 Å². The van der Waals surface area contributed by atoms with Crippen LogP contribution in [0.4, 0.5) is 13.2 Å². The van der Waals surface area contributed by atoms with Crippen LogP contribution in [-0.2, 0) is 9.53 Å². The molecule has 0 N–H and O–H groups in total. The summed E-state index contributed by atoms with van der Waals surface area (Å²) in [5.41, 5.74) is 0. The Labute approximate surface area is 87.8 Å². The summed E-state index contributed by atoms with van der Waals surface area (Å²) < 4.78 is 39.4. The lowest BCUT2D eigenvalue weighted by Crippen LogP contribution is -2.17.